The fourth-order valence-electron chi connectivity index (χ4n) is 1.21. The summed E-state index contributed by atoms with van der Waals surface area (Å²) in [6.07, 6.45) is 2.56. The summed E-state index contributed by atoms with van der Waals surface area (Å²) in [6.45, 7) is 0. The third-order valence-corrected chi connectivity index (χ3v) is 2.22. The largest absolute Gasteiger partial charge is 0.430 e. The first-order chi connectivity index (χ1) is 8.56. The Labute approximate surface area is 106 Å². The fourth-order valence-corrected chi connectivity index (χ4v) is 1.38. The van der Waals surface area contributed by atoms with Gasteiger partial charge in [-0.2, -0.15) is 0 Å². The van der Waals surface area contributed by atoms with Gasteiger partial charge in [-0.25, -0.2) is 9.97 Å². The summed E-state index contributed by atoms with van der Waals surface area (Å²) in [4.78, 5) is 17.8. The Morgan fingerprint density at radius 1 is 1.33 bits per heavy atom. The lowest BCUT2D eigenvalue weighted by Gasteiger charge is -2.05. The normalized spacial score (nSPS) is 10.1. The van der Waals surface area contributed by atoms with Crippen LogP contribution < -0.4 is 10.5 Å². The van der Waals surface area contributed by atoms with Crippen LogP contribution in [-0.2, 0) is 0 Å². The van der Waals surface area contributed by atoms with Gasteiger partial charge in [0, 0.05) is 11.1 Å². The molecule has 7 nitrogen and oxygen atoms in total. The molecule has 0 atom stereocenters. The Morgan fingerprint density at radius 3 is 2.72 bits per heavy atom. The third-order valence-electron chi connectivity index (χ3n) is 1.98. The minimum atomic E-state index is -0.591. The molecule has 0 bridgehead atoms. The third kappa shape index (κ3) is 2.64. The molecule has 1 aromatic heterocycles. The molecule has 92 valence electrons. The van der Waals surface area contributed by atoms with Crippen LogP contribution in [0.4, 0.5) is 11.5 Å². The van der Waals surface area contributed by atoms with Crippen molar-refractivity contribution in [3.63, 3.8) is 0 Å². The minimum absolute atomic E-state index is 0.0310. The molecule has 18 heavy (non-hydrogen) atoms. The summed E-state index contributed by atoms with van der Waals surface area (Å²) in [7, 11) is 0. The highest BCUT2D eigenvalue weighted by molar-refractivity contribution is 6.30. The SMILES string of the molecule is Nc1cnc(Oc2ccc(Cl)cc2[N+](=O)[O-])cn1. The number of hydrogen-bond donors (Lipinski definition) is 1. The lowest BCUT2D eigenvalue weighted by atomic mass is 10.3. The van der Waals surface area contributed by atoms with Gasteiger partial charge in [-0.15, -0.1) is 0 Å². The number of hydrogen-bond acceptors (Lipinski definition) is 6. The van der Waals surface area contributed by atoms with E-state index in [-0.39, 0.29) is 28.2 Å². The maximum Gasteiger partial charge on any atom is 0.313 e. The number of halogens is 1. The van der Waals surface area contributed by atoms with Crippen molar-refractivity contribution in [2.24, 2.45) is 0 Å². The molecular formula is C10H7ClN4O3. The van der Waals surface area contributed by atoms with Crippen LogP contribution in [0.3, 0.4) is 0 Å². The lowest BCUT2D eigenvalue weighted by Crippen LogP contribution is -1.96. The summed E-state index contributed by atoms with van der Waals surface area (Å²) in [5.41, 5.74) is 5.11. The second-order valence-electron chi connectivity index (χ2n) is 3.25. The summed E-state index contributed by atoms with van der Waals surface area (Å²) in [5, 5.41) is 11.1. The molecule has 0 spiro atoms. The molecular weight excluding hydrogens is 260 g/mol. The Balaban J connectivity index is 2.34. The van der Waals surface area contributed by atoms with Gasteiger partial charge in [0.25, 0.3) is 0 Å². The number of nitrogens with zero attached hydrogens (tertiary/aromatic N) is 3. The van der Waals surface area contributed by atoms with E-state index in [9.17, 15) is 10.1 Å². The molecule has 0 aliphatic heterocycles. The number of nitro groups is 1. The minimum Gasteiger partial charge on any atom is -0.430 e. The predicted octanol–water partition coefficient (Wildman–Crippen LogP) is 2.41. The zero-order chi connectivity index (χ0) is 13.1. The number of nitrogens with two attached hydrogens (primary N) is 1. The Morgan fingerprint density at radius 2 is 2.11 bits per heavy atom. The highest BCUT2D eigenvalue weighted by Crippen LogP contribution is 2.32. The molecule has 2 N–H and O–H groups in total. The highest BCUT2D eigenvalue weighted by atomic mass is 35.5. The van der Waals surface area contributed by atoms with Gasteiger partial charge in [-0.05, 0) is 12.1 Å². The average Bonchev–Trinajstić information content (AvgIpc) is 2.34. The van der Waals surface area contributed by atoms with Crippen LogP contribution in [0.1, 0.15) is 0 Å². The lowest BCUT2D eigenvalue weighted by molar-refractivity contribution is -0.385. The van der Waals surface area contributed by atoms with Crippen LogP contribution in [0.25, 0.3) is 0 Å². The number of aromatic nitrogens is 2. The van der Waals surface area contributed by atoms with Gasteiger partial charge in [-0.1, -0.05) is 11.6 Å². The molecule has 0 unspecified atom stereocenters. The number of rotatable bonds is 3. The predicted molar refractivity (Wildman–Crippen MR) is 64.6 cm³/mol. The fraction of sp³-hybridized carbons (Fsp3) is 0. The van der Waals surface area contributed by atoms with Crippen LogP contribution in [0.2, 0.25) is 5.02 Å². The molecule has 0 saturated carbocycles. The van der Waals surface area contributed by atoms with Crippen molar-refractivity contribution in [2.75, 3.05) is 5.73 Å². The van der Waals surface area contributed by atoms with Crippen molar-refractivity contribution in [1.82, 2.24) is 9.97 Å². The average molecular weight is 267 g/mol. The molecule has 1 heterocycles. The molecule has 0 saturated heterocycles. The molecule has 0 radical (unpaired) electrons. The summed E-state index contributed by atoms with van der Waals surface area (Å²) in [6, 6.07) is 4.06. The second kappa shape index (κ2) is 4.84. The van der Waals surface area contributed by atoms with Gasteiger partial charge in [0.05, 0.1) is 17.3 Å². The van der Waals surface area contributed by atoms with Crippen molar-refractivity contribution in [2.45, 2.75) is 0 Å². The number of nitrogen functional groups attached to an aromatic ring is 1. The first-order valence-corrected chi connectivity index (χ1v) is 5.13. The number of benzene rings is 1. The highest BCUT2D eigenvalue weighted by Gasteiger charge is 2.16. The molecule has 0 aliphatic carbocycles. The quantitative estimate of drug-likeness (QED) is 0.676. The Bertz CT molecular complexity index is 588. The molecule has 0 aliphatic rings. The van der Waals surface area contributed by atoms with E-state index in [0.29, 0.717) is 0 Å². The number of anilines is 1. The van der Waals surface area contributed by atoms with E-state index in [1.165, 1.54) is 30.6 Å². The van der Waals surface area contributed by atoms with Crippen molar-refractivity contribution < 1.29 is 9.66 Å². The van der Waals surface area contributed by atoms with E-state index in [0.717, 1.165) is 0 Å². The van der Waals surface area contributed by atoms with Crippen LogP contribution >= 0.6 is 11.6 Å². The van der Waals surface area contributed by atoms with Gasteiger partial charge in [-0.3, -0.25) is 10.1 Å². The molecule has 2 aromatic rings. The zero-order valence-electron chi connectivity index (χ0n) is 8.91. The van der Waals surface area contributed by atoms with Gasteiger partial charge < -0.3 is 10.5 Å². The summed E-state index contributed by atoms with van der Waals surface area (Å²) in [5.74, 6) is 0.367. The van der Waals surface area contributed by atoms with Crippen LogP contribution in [0.5, 0.6) is 11.6 Å². The van der Waals surface area contributed by atoms with Crippen molar-refractivity contribution in [3.05, 3.63) is 45.7 Å². The topological polar surface area (TPSA) is 104 Å². The van der Waals surface area contributed by atoms with Crippen LogP contribution in [-0.4, -0.2) is 14.9 Å². The van der Waals surface area contributed by atoms with Crippen molar-refractivity contribution >= 4 is 23.1 Å². The van der Waals surface area contributed by atoms with E-state index in [4.69, 9.17) is 22.1 Å². The van der Waals surface area contributed by atoms with Crippen molar-refractivity contribution in [3.8, 4) is 11.6 Å². The van der Waals surface area contributed by atoms with Gasteiger partial charge in [0.2, 0.25) is 11.6 Å². The maximum atomic E-state index is 10.8. The summed E-state index contributed by atoms with van der Waals surface area (Å²) < 4.78 is 5.25. The van der Waals surface area contributed by atoms with E-state index in [2.05, 4.69) is 9.97 Å². The van der Waals surface area contributed by atoms with Gasteiger partial charge in [0.1, 0.15) is 5.82 Å². The van der Waals surface area contributed by atoms with E-state index >= 15 is 0 Å². The molecule has 0 fully saturated rings. The van der Waals surface area contributed by atoms with Gasteiger partial charge >= 0.3 is 5.69 Å². The van der Waals surface area contributed by atoms with Crippen LogP contribution in [0, 0.1) is 10.1 Å². The summed E-state index contributed by atoms with van der Waals surface area (Å²) >= 11 is 5.68. The number of ether oxygens (including phenoxy) is 1. The Hall–Kier alpha value is -2.41. The second-order valence-corrected chi connectivity index (χ2v) is 3.69. The maximum absolute atomic E-state index is 10.8. The zero-order valence-corrected chi connectivity index (χ0v) is 9.66. The van der Waals surface area contributed by atoms with Gasteiger partial charge in [0.15, 0.2) is 0 Å². The van der Waals surface area contributed by atoms with E-state index in [1.54, 1.807) is 0 Å². The monoisotopic (exact) mass is 266 g/mol. The molecule has 0 amide bonds. The van der Waals surface area contributed by atoms with E-state index < -0.39 is 4.92 Å². The first kappa shape index (κ1) is 12.1. The molecule has 8 heteroatoms. The smallest absolute Gasteiger partial charge is 0.313 e. The first-order valence-electron chi connectivity index (χ1n) is 4.75. The Kier molecular flexibility index (Phi) is 3.24. The number of nitro benzene ring substituents is 1. The molecule has 1 aromatic carbocycles. The van der Waals surface area contributed by atoms with Crippen molar-refractivity contribution in [1.29, 1.82) is 0 Å². The standard InChI is InChI=1S/C10H7ClN4O3/c11-6-1-2-8(7(3-6)15(16)17)18-10-5-13-9(12)4-14-10/h1-5H,(H2,12,13). The van der Waals surface area contributed by atoms with Crippen LogP contribution in [0.15, 0.2) is 30.6 Å². The molecule has 2 rings (SSSR count). The van der Waals surface area contributed by atoms with E-state index in [1.807, 2.05) is 0 Å².